The van der Waals surface area contributed by atoms with E-state index in [0.29, 0.717) is 6.04 Å². The third-order valence-corrected chi connectivity index (χ3v) is 4.85. The van der Waals surface area contributed by atoms with Gasteiger partial charge in [0.25, 0.3) is 0 Å². The minimum atomic E-state index is 0.174. The largest absolute Gasteiger partial charge is 0.307 e. The molecule has 1 fully saturated rings. The monoisotopic (exact) mass is 274 g/mol. The van der Waals surface area contributed by atoms with Crippen LogP contribution in [0.15, 0.2) is 6.20 Å². The SMILES string of the molecule is Cc1cn2c(CNC3CCCC3C#N)c(C)nc2s1. The quantitative estimate of drug-likeness (QED) is 0.936. The molecule has 4 nitrogen and oxygen atoms in total. The lowest BCUT2D eigenvalue weighted by molar-refractivity contribution is 0.460. The molecule has 0 spiro atoms. The van der Waals surface area contributed by atoms with E-state index in [1.54, 1.807) is 11.3 Å². The molecule has 0 aromatic carbocycles. The Morgan fingerprint density at radius 2 is 2.37 bits per heavy atom. The molecular weight excluding hydrogens is 256 g/mol. The Kier molecular flexibility index (Phi) is 3.29. The van der Waals surface area contributed by atoms with Crippen molar-refractivity contribution in [1.29, 1.82) is 5.26 Å². The molecule has 1 N–H and O–H groups in total. The summed E-state index contributed by atoms with van der Waals surface area (Å²) >= 11 is 1.72. The van der Waals surface area contributed by atoms with Gasteiger partial charge < -0.3 is 5.32 Å². The number of rotatable bonds is 3. The molecule has 2 aromatic rings. The number of nitriles is 1. The molecule has 2 atom stereocenters. The highest BCUT2D eigenvalue weighted by Gasteiger charge is 2.27. The molecule has 1 saturated carbocycles. The minimum Gasteiger partial charge on any atom is -0.307 e. The predicted molar refractivity (Wildman–Crippen MR) is 76.1 cm³/mol. The van der Waals surface area contributed by atoms with E-state index in [0.717, 1.165) is 36.5 Å². The summed E-state index contributed by atoms with van der Waals surface area (Å²) < 4.78 is 2.18. The molecule has 1 aliphatic carbocycles. The number of aryl methyl sites for hydroxylation is 2. The van der Waals surface area contributed by atoms with Gasteiger partial charge in [-0.1, -0.05) is 6.42 Å². The van der Waals surface area contributed by atoms with Crippen molar-refractivity contribution in [1.82, 2.24) is 14.7 Å². The summed E-state index contributed by atoms with van der Waals surface area (Å²) in [7, 11) is 0. The lowest BCUT2D eigenvalue weighted by Gasteiger charge is -2.15. The van der Waals surface area contributed by atoms with E-state index < -0.39 is 0 Å². The van der Waals surface area contributed by atoms with Crippen molar-refractivity contribution in [3.63, 3.8) is 0 Å². The van der Waals surface area contributed by atoms with Crippen LogP contribution >= 0.6 is 11.3 Å². The molecule has 100 valence electrons. The molecule has 0 saturated heterocycles. The molecule has 1 aliphatic rings. The second kappa shape index (κ2) is 4.95. The van der Waals surface area contributed by atoms with E-state index in [9.17, 15) is 0 Å². The third-order valence-electron chi connectivity index (χ3n) is 3.95. The first-order valence-corrected chi connectivity index (χ1v) is 7.57. The smallest absolute Gasteiger partial charge is 0.194 e. The molecule has 0 bridgehead atoms. The zero-order valence-corrected chi connectivity index (χ0v) is 12.1. The summed E-state index contributed by atoms with van der Waals surface area (Å²) in [6.45, 7) is 4.96. The highest BCUT2D eigenvalue weighted by molar-refractivity contribution is 7.17. The number of nitrogens with zero attached hydrogens (tertiary/aromatic N) is 3. The first kappa shape index (κ1) is 12.6. The van der Waals surface area contributed by atoms with Crippen molar-refractivity contribution in [2.75, 3.05) is 0 Å². The van der Waals surface area contributed by atoms with Crippen LogP contribution in [0.1, 0.15) is 35.5 Å². The average molecular weight is 274 g/mol. The van der Waals surface area contributed by atoms with Crippen LogP contribution in [0.3, 0.4) is 0 Å². The standard InChI is InChI=1S/C14H18N4S/c1-9-8-18-13(10(2)17-14(18)19-9)7-16-12-5-3-4-11(12)6-15/h8,11-12,16H,3-5,7H2,1-2H3. The summed E-state index contributed by atoms with van der Waals surface area (Å²) in [4.78, 5) is 6.94. The molecule has 0 aliphatic heterocycles. The highest BCUT2D eigenvalue weighted by atomic mass is 32.1. The predicted octanol–water partition coefficient (Wildman–Crippen LogP) is 2.79. The fourth-order valence-corrected chi connectivity index (χ4v) is 3.80. The van der Waals surface area contributed by atoms with Crippen LogP contribution in [0.2, 0.25) is 0 Å². The van der Waals surface area contributed by atoms with Crippen molar-refractivity contribution < 1.29 is 0 Å². The van der Waals surface area contributed by atoms with Crippen LogP contribution in [0.4, 0.5) is 0 Å². The van der Waals surface area contributed by atoms with Crippen molar-refractivity contribution in [3.05, 3.63) is 22.5 Å². The summed E-state index contributed by atoms with van der Waals surface area (Å²) in [5.41, 5.74) is 2.31. The number of hydrogen-bond acceptors (Lipinski definition) is 4. The van der Waals surface area contributed by atoms with Gasteiger partial charge >= 0.3 is 0 Å². The minimum absolute atomic E-state index is 0.174. The zero-order valence-electron chi connectivity index (χ0n) is 11.3. The summed E-state index contributed by atoms with van der Waals surface area (Å²) in [5, 5.41) is 12.7. The van der Waals surface area contributed by atoms with Gasteiger partial charge in [-0.15, -0.1) is 11.3 Å². The third kappa shape index (κ3) is 2.26. The van der Waals surface area contributed by atoms with E-state index in [-0.39, 0.29) is 5.92 Å². The Bertz CT molecular complexity index is 634. The zero-order chi connectivity index (χ0) is 13.4. The molecular formula is C14H18N4S. The van der Waals surface area contributed by atoms with Crippen LogP contribution in [-0.2, 0) is 6.54 Å². The van der Waals surface area contributed by atoms with Crippen molar-refractivity contribution >= 4 is 16.3 Å². The van der Waals surface area contributed by atoms with Gasteiger partial charge in [0.05, 0.1) is 23.4 Å². The number of fused-ring (bicyclic) bond motifs is 1. The molecule has 2 unspecified atom stereocenters. The molecule has 2 heterocycles. The summed E-state index contributed by atoms with van der Waals surface area (Å²) in [6.07, 6.45) is 5.45. The van der Waals surface area contributed by atoms with E-state index in [1.165, 1.54) is 10.6 Å². The average Bonchev–Trinajstić information content (AvgIpc) is 3.02. The van der Waals surface area contributed by atoms with Crippen LogP contribution < -0.4 is 5.32 Å². The molecule has 5 heteroatoms. The van der Waals surface area contributed by atoms with Crippen LogP contribution in [0.5, 0.6) is 0 Å². The number of thiazole rings is 1. The molecule has 19 heavy (non-hydrogen) atoms. The van der Waals surface area contributed by atoms with E-state index in [4.69, 9.17) is 5.26 Å². The van der Waals surface area contributed by atoms with E-state index in [2.05, 4.69) is 40.8 Å². The molecule has 3 rings (SSSR count). The fourth-order valence-electron chi connectivity index (χ4n) is 2.91. The molecule has 2 aromatic heterocycles. The second-order valence-electron chi connectivity index (χ2n) is 5.29. The van der Waals surface area contributed by atoms with Crippen molar-refractivity contribution in [2.24, 2.45) is 5.92 Å². The Morgan fingerprint density at radius 3 is 3.16 bits per heavy atom. The van der Waals surface area contributed by atoms with Gasteiger partial charge in [0.15, 0.2) is 4.96 Å². The number of aromatic nitrogens is 2. The Morgan fingerprint density at radius 1 is 1.53 bits per heavy atom. The van der Waals surface area contributed by atoms with Gasteiger partial charge in [-0.05, 0) is 26.7 Å². The fraction of sp³-hybridized carbons (Fsp3) is 0.571. The lowest BCUT2D eigenvalue weighted by Crippen LogP contribution is -2.31. The van der Waals surface area contributed by atoms with Crippen LogP contribution in [-0.4, -0.2) is 15.4 Å². The van der Waals surface area contributed by atoms with E-state index in [1.807, 2.05) is 0 Å². The van der Waals surface area contributed by atoms with Gasteiger partial charge in [0, 0.05) is 23.7 Å². The van der Waals surface area contributed by atoms with Crippen molar-refractivity contribution in [2.45, 2.75) is 45.7 Å². The summed E-state index contributed by atoms with van der Waals surface area (Å²) in [6, 6.07) is 2.76. The van der Waals surface area contributed by atoms with Gasteiger partial charge in [0.1, 0.15) is 0 Å². The van der Waals surface area contributed by atoms with E-state index >= 15 is 0 Å². The Balaban J connectivity index is 1.78. The highest BCUT2D eigenvalue weighted by Crippen LogP contribution is 2.26. The van der Waals surface area contributed by atoms with Gasteiger partial charge in [-0.3, -0.25) is 4.40 Å². The van der Waals surface area contributed by atoms with Crippen LogP contribution in [0, 0.1) is 31.1 Å². The van der Waals surface area contributed by atoms with Gasteiger partial charge in [-0.25, -0.2) is 4.98 Å². The first-order valence-electron chi connectivity index (χ1n) is 6.76. The van der Waals surface area contributed by atoms with Crippen molar-refractivity contribution in [3.8, 4) is 6.07 Å². The number of hydrogen-bond donors (Lipinski definition) is 1. The normalized spacial score (nSPS) is 23.0. The number of nitrogens with one attached hydrogen (secondary N) is 1. The number of imidazole rings is 1. The summed E-state index contributed by atoms with van der Waals surface area (Å²) in [5.74, 6) is 0.174. The Hall–Kier alpha value is -1.38. The van der Waals surface area contributed by atoms with Gasteiger partial charge in [0.2, 0.25) is 0 Å². The Labute approximate surface area is 117 Å². The maximum Gasteiger partial charge on any atom is 0.194 e. The van der Waals surface area contributed by atoms with Gasteiger partial charge in [-0.2, -0.15) is 5.26 Å². The maximum atomic E-state index is 9.12. The molecule has 0 radical (unpaired) electrons. The van der Waals surface area contributed by atoms with Crippen LogP contribution in [0.25, 0.3) is 4.96 Å². The maximum absolute atomic E-state index is 9.12. The second-order valence-corrected chi connectivity index (χ2v) is 6.51. The lowest BCUT2D eigenvalue weighted by atomic mass is 10.1. The first-order chi connectivity index (χ1) is 9.19. The topological polar surface area (TPSA) is 53.1 Å². The molecule has 0 amide bonds.